The molecule has 1 atom stereocenters. The van der Waals surface area contributed by atoms with E-state index in [4.69, 9.17) is 4.74 Å². The normalized spacial score (nSPS) is 13.5. The standard InChI is InChI=1S/C10H15NO3S/c1-8(15(12,13)11-2)9-6-4-5-7-10(9)14-3/h4-8,11H,1-3H3. The molecule has 0 bridgehead atoms. The van der Waals surface area contributed by atoms with Crippen molar-refractivity contribution in [2.45, 2.75) is 12.2 Å². The summed E-state index contributed by atoms with van der Waals surface area (Å²) < 4.78 is 30.6. The van der Waals surface area contributed by atoms with Crippen LogP contribution < -0.4 is 9.46 Å². The molecule has 0 radical (unpaired) electrons. The first-order chi connectivity index (χ1) is 7.03. The fraction of sp³-hybridized carbons (Fsp3) is 0.400. The van der Waals surface area contributed by atoms with Crippen molar-refractivity contribution in [1.29, 1.82) is 0 Å². The van der Waals surface area contributed by atoms with Gasteiger partial charge in [0, 0.05) is 5.56 Å². The van der Waals surface area contributed by atoms with E-state index in [9.17, 15) is 8.42 Å². The van der Waals surface area contributed by atoms with Crippen LogP contribution in [0, 0.1) is 0 Å². The summed E-state index contributed by atoms with van der Waals surface area (Å²) in [7, 11) is -0.384. The molecule has 5 heteroatoms. The topological polar surface area (TPSA) is 55.4 Å². The number of benzene rings is 1. The third kappa shape index (κ3) is 2.49. The lowest BCUT2D eigenvalue weighted by atomic mass is 10.1. The highest BCUT2D eigenvalue weighted by Crippen LogP contribution is 2.29. The predicted molar refractivity (Wildman–Crippen MR) is 59.4 cm³/mol. The first kappa shape index (κ1) is 12.0. The maximum absolute atomic E-state index is 11.6. The van der Waals surface area contributed by atoms with Gasteiger partial charge in [-0.3, -0.25) is 0 Å². The van der Waals surface area contributed by atoms with E-state index in [-0.39, 0.29) is 0 Å². The van der Waals surface area contributed by atoms with Crippen molar-refractivity contribution in [2.24, 2.45) is 0 Å². The lowest BCUT2D eigenvalue weighted by Gasteiger charge is -2.15. The Morgan fingerprint density at radius 2 is 1.93 bits per heavy atom. The molecule has 1 aromatic rings. The van der Waals surface area contributed by atoms with E-state index >= 15 is 0 Å². The first-order valence-corrected chi connectivity index (χ1v) is 6.13. The van der Waals surface area contributed by atoms with E-state index in [2.05, 4.69) is 4.72 Å². The Bertz CT molecular complexity index is 428. The fourth-order valence-corrected chi connectivity index (χ4v) is 2.23. The Morgan fingerprint density at radius 3 is 2.47 bits per heavy atom. The second-order valence-electron chi connectivity index (χ2n) is 3.13. The average Bonchev–Trinajstić information content (AvgIpc) is 2.28. The van der Waals surface area contributed by atoms with E-state index in [1.165, 1.54) is 14.2 Å². The molecular formula is C10H15NO3S. The van der Waals surface area contributed by atoms with Crippen molar-refractivity contribution >= 4 is 10.0 Å². The number of para-hydroxylation sites is 1. The van der Waals surface area contributed by atoms with Gasteiger partial charge in [0.05, 0.1) is 7.11 Å². The van der Waals surface area contributed by atoms with E-state index in [0.29, 0.717) is 11.3 Å². The lowest BCUT2D eigenvalue weighted by Crippen LogP contribution is -2.24. The zero-order valence-corrected chi connectivity index (χ0v) is 9.84. The van der Waals surface area contributed by atoms with Gasteiger partial charge in [0.25, 0.3) is 0 Å². The number of sulfonamides is 1. The largest absolute Gasteiger partial charge is 0.496 e. The van der Waals surface area contributed by atoms with E-state index in [1.54, 1.807) is 31.2 Å². The highest BCUT2D eigenvalue weighted by molar-refractivity contribution is 7.89. The number of hydrogen-bond acceptors (Lipinski definition) is 3. The summed E-state index contributed by atoms with van der Waals surface area (Å²) in [5.74, 6) is 0.587. The number of rotatable bonds is 4. The van der Waals surface area contributed by atoms with Gasteiger partial charge in [0.1, 0.15) is 11.0 Å². The quantitative estimate of drug-likeness (QED) is 0.846. The SMILES string of the molecule is CNS(=O)(=O)C(C)c1ccccc1OC. The molecule has 0 aliphatic carbocycles. The van der Waals surface area contributed by atoms with Gasteiger partial charge in [-0.2, -0.15) is 0 Å². The van der Waals surface area contributed by atoms with E-state index < -0.39 is 15.3 Å². The molecule has 4 nitrogen and oxygen atoms in total. The minimum absolute atomic E-state index is 0.587. The minimum Gasteiger partial charge on any atom is -0.496 e. The third-order valence-electron chi connectivity index (χ3n) is 2.33. The highest BCUT2D eigenvalue weighted by Gasteiger charge is 2.23. The average molecular weight is 229 g/mol. The first-order valence-electron chi connectivity index (χ1n) is 4.58. The fourth-order valence-electron chi connectivity index (χ4n) is 1.35. The van der Waals surface area contributed by atoms with Gasteiger partial charge in [-0.25, -0.2) is 13.1 Å². The molecule has 1 unspecified atom stereocenters. The lowest BCUT2D eigenvalue weighted by molar-refractivity contribution is 0.409. The number of nitrogens with one attached hydrogen (secondary N) is 1. The maximum atomic E-state index is 11.6. The van der Waals surface area contributed by atoms with Crippen LogP contribution in [0.15, 0.2) is 24.3 Å². The van der Waals surface area contributed by atoms with Gasteiger partial charge in [-0.15, -0.1) is 0 Å². The summed E-state index contributed by atoms with van der Waals surface area (Å²) in [6.45, 7) is 1.63. The summed E-state index contributed by atoms with van der Waals surface area (Å²) >= 11 is 0. The monoisotopic (exact) mass is 229 g/mol. The van der Waals surface area contributed by atoms with Crippen molar-refractivity contribution in [3.8, 4) is 5.75 Å². The Labute approximate surface area is 90.3 Å². The molecule has 0 heterocycles. The zero-order chi connectivity index (χ0) is 11.5. The predicted octanol–water partition coefficient (Wildman–Crippen LogP) is 1.31. The van der Waals surface area contributed by atoms with Crippen LogP contribution >= 0.6 is 0 Å². The van der Waals surface area contributed by atoms with Crippen molar-refractivity contribution in [2.75, 3.05) is 14.2 Å². The number of hydrogen-bond donors (Lipinski definition) is 1. The molecule has 0 fully saturated rings. The zero-order valence-electron chi connectivity index (χ0n) is 9.02. The van der Waals surface area contributed by atoms with Crippen molar-refractivity contribution in [3.63, 3.8) is 0 Å². The van der Waals surface area contributed by atoms with Crippen LogP contribution in [0.2, 0.25) is 0 Å². The summed E-state index contributed by atoms with van der Waals surface area (Å²) in [4.78, 5) is 0. The molecule has 84 valence electrons. The molecule has 0 aromatic heterocycles. The van der Waals surface area contributed by atoms with E-state index in [1.807, 2.05) is 0 Å². The molecule has 0 saturated heterocycles. The van der Waals surface area contributed by atoms with Crippen molar-refractivity contribution < 1.29 is 13.2 Å². The Balaban J connectivity index is 3.17. The molecule has 0 aliphatic heterocycles. The van der Waals surface area contributed by atoms with Crippen molar-refractivity contribution in [3.05, 3.63) is 29.8 Å². The smallest absolute Gasteiger partial charge is 0.218 e. The van der Waals surface area contributed by atoms with Gasteiger partial charge in [-0.05, 0) is 20.0 Å². The summed E-state index contributed by atoms with van der Waals surface area (Å²) in [5.41, 5.74) is 0.661. The van der Waals surface area contributed by atoms with Crippen molar-refractivity contribution in [1.82, 2.24) is 4.72 Å². The number of ether oxygens (including phenoxy) is 1. The third-order valence-corrected chi connectivity index (χ3v) is 4.08. The van der Waals surface area contributed by atoms with Crippen LogP contribution in [0.5, 0.6) is 5.75 Å². The van der Waals surface area contributed by atoms with Gasteiger partial charge in [-0.1, -0.05) is 18.2 Å². The van der Waals surface area contributed by atoms with Gasteiger partial charge >= 0.3 is 0 Å². The van der Waals surface area contributed by atoms with Crippen LogP contribution in [0.25, 0.3) is 0 Å². The summed E-state index contributed by atoms with van der Waals surface area (Å²) in [6, 6.07) is 7.09. The van der Waals surface area contributed by atoms with Gasteiger partial charge in [0.2, 0.25) is 10.0 Å². The molecule has 0 aliphatic rings. The summed E-state index contributed by atoms with van der Waals surface area (Å²) in [6.07, 6.45) is 0. The minimum atomic E-state index is -3.31. The van der Waals surface area contributed by atoms with Crippen LogP contribution in [0.4, 0.5) is 0 Å². The van der Waals surface area contributed by atoms with E-state index in [0.717, 1.165) is 0 Å². The maximum Gasteiger partial charge on any atom is 0.218 e. The van der Waals surface area contributed by atoms with Crippen LogP contribution in [-0.2, 0) is 10.0 Å². The van der Waals surface area contributed by atoms with Crippen LogP contribution in [0.3, 0.4) is 0 Å². The molecule has 1 rings (SSSR count). The Morgan fingerprint density at radius 1 is 1.33 bits per heavy atom. The van der Waals surface area contributed by atoms with Crippen LogP contribution in [-0.4, -0.2) is 22.6 Å². The van der Waals surface area contributed by atoms with Gasteiger partial charge < -0.3 is 4.74 Å². The number of methoxy groups -OCH3 is 1. The molecule has 0 spiro atoms. The van der Waals surface area contributed by atoms with Crippen LogP contribution in [0.1, 0.15) is 17.7 Å². The molecule has 1 N–H and O–H groups in total. The molecule has 0 saturated carbocycles. The second kappa shape index (κ2) is 4.63. The van der Waals surface area contributed by atoms with Gasteiger partial charge in [0.15, 0.2) is 0 Å². The Kier molecular flexibility index (Phi) is 3.71. The molecular weight excluding hydrogens is 214 g/mol. The molecule has 0 amide bonds. The second-order valence-corrected chi connectivity index (χ2v) is 5.34. The summed E-state index contributed by atoms with van der Waals surface area (Å²) in [5, 5.41) is -0.626. The molecule has 15 heavy (non-hydrogen) atoms. The highest BCUT2D eigenvalue weighted by atomic mass is 32.2. The Hall–Kier alpha value is -1.07. The molecule has 1 aromatic carbocycles.